The topological polar surface area (TPSA) is 20.3 Å². The molecule has 0 atom stereocenters. The zero-order chi connectivity index (χ0) is 18.2. The van der Waals surface area contributed by atoms with Crippen molar-refractivity contribution in [3.63, 3.8) is 0 Å². The fourth-order valence-electron chi connectivity index (χ4n) is 3.94. The van der Waals surface area contributed by atoms with Gasteiger partial charge in [-0.3, -0.25) is 4.79 Å². The molecule has 138 valence electrons. The number of carbonyl (C=O) groups is 1. The Hall–Kier alpha value is -1.57. The van der Waals surface area contributed by atoms with Crippen molar-refractivity contribution in [3.8, 4) is 0 Å². The maximum Gasteiger partial charge on any atom is 0.253 e. The van der Waals surface area contributed by atoms with Gasteiger partial charge in [0.25, 0.3) is 5.91 Å². The first kappa shape index (κ1) is 19.8. The molecule has 2 nitrogen and oxygen atoms in total. The van der Waals surface area contributed by atoms with E-state index in [1.54, 1.807) is 4.90 Å². The molecule has 1 aliphatic carbocycles. The predicted octanol–water partition coefficient (Wildman–Crippen LogP) is 6.47. The van der Waals surface area contributed by atoms with Crippen LogP contribution in [0.15, 0.2) is 35.9 Å². The maximum atomic E-state index is 12.3. The average Bonchev–Trinajstić information content (AvgIpc) is 2.67. The molecule has 0 bridgehead atoms. The first-order valence-corrected chi connectivity index (χ1v) is 10.1. The third kappa shape index (κ3) is 5.45. The molecular formula is C23H35NO. The molecule has 0 aliphatic heterocycles. The van der Waals surface area contributed by atoms with Crippen LogP contribution >= 0.6 is 0 Å². The summed E-state index contributed by atoms with van der Waals surface area (Å²) in [6.45, 7) is 6.06. The number of anilines is 1. The van der Waals surface area contributed by atoms with E-state index in [0.717, 1.165) is 17.2 Å². The van der Waals surface area contributed by atoms with Crippen molar-refractivity contribution in [1.82, 2.24) is 0 Å². The summed E-state index contributed by atoms with van der Waals surface area (Å²) in [5.74, 6) is 1.73. The van der Waals surface area contributed by atoms with E-state index in [9.17, 15) is 4.79 Å². The number of benzene rings is 1. The molecule has 25 heavy (non-hydrogen) atoms. The van der Waals surface area contributed by atoms with Crippen LogP contribution in [0.2, 0.25) is 0 Å². The first-order chi connectivity index (χ1) is 12.1. The summed E-state index contributed by atoms with van der Waals surface area (Å²) in [7, 11) is 1.85. The second kappa shape index (κ2) is 9.79. The van der Waals surface area contributed by atoms with Gasteiger partial charge in [-0.05, 0) is 69.1 Å². The van der Waals surface area contributed by atoms with Crippen molar-refractivity contribution >= 4 is 11.6 Å². The normalized spacial score (nSPS) is 21.2. The average molecular weight is 342 g/mol. The van der Waals surface area contributed by atoms with Crippen LogP contribution < -0.4 is 4.90 Å². The number of likely N-dealkylation sites (N-methyl/N-ethyl adjacent to an activating group) is 1. The van der Waals surface area contributed by atoms with Gasteiger partial charge in [0.2, 0.25) is 0 Å². The molecule has 0 aromatic heterocycles. The van der Waals surface area contributed by atoms with E-state index in [0.29, 0.717) is 5.92 Å². The summed E-state index contributed by atoms with van der Waals surface area (Å²) in [4.78, 5) is 14.0. The van der Waals surface area contributed by atoms with Crippen molar-refractivity contribution in [2.45, 2.75) is 78.1 Å². The molecule has 0 radical (unpaired) electrons. The Labute approximate surface area is 154 Å². The highest BCUT2D eigenvalue weighted by molar-refractivity contribution is 6.04. The molecule has 0 heterocycles. The van der Waals surface area contributed by atoms with Gasteiger partial charge < -0.3 is 4.90 Å². The van der Waals surface area contributed by atoms with Gasteiger partial charge in [-0.25, -0.2) is 0 Å². The molecule has 1 fully saturated rings. The number of nitrogens with zero attached hydrogens (tertiary/aromatic N) is 1. The van der Waals surface area contributed by atoms with Gasteiger partial charge in [0.15, 0.2) is 0 Å². The third-order valence-corrected chi connectivity index (χ3v) is 5.89. The second-order valence-electron chi connectivity index (χ2n) is 7.64. The minimum absolute atomic E-state index is 0.0721. The molecule has 0 spiro atoms. The van der Waals surface area contributed by atoms with E-state index < -0.39 is 0 Å². The lowest BCUT2D eigenvalue weighted by atomic mass is 9.77. The zero-order valence-electron chi connectivity index (χ0n) is 16.6. The fraction of sp³-hybridized carbons (Fsp3) is 0.609. The van der Waals surface area contributed by atoms with Crippen molar-refractivity contribution in [2.75, 3.05) is 11.9 Å². The zero-order valence-corrected chi connectivity index (χ0v) is 16.6. The number of hydrogen-bond donors (Lipinski definition) is 0. The van der Waals surface area contributed by atoms with Crippen molar-refractivity contribution in [3.05, 3.63) is 41.5 Å². The van der Waals surface area contributed by atoms with Crippen LogP contribution in [-0.4, -0.2) is 13.0 Å². The maximum absolute atomic E-state index is 12.3. The molecule has 1 aliphatic rings. The van der Waals surface area contributed by atoms with Crippen molar-refractivity contribution in [2.24, 2.45) is 5.92 Å². The van der Waals surface area contributed by atoms with Gasteiger partial charge in [-0.15, -0.1) is 0 Å². The second-order valence-corrected chi connectivity index (χ2v) is 7.64. The minimum Gasteiger partial charge on any atom is -0.312 e. The lowest BCUT2D eigenvalue weighted by Gasteiger charge is -2.29. The van der Waals surface area contributed by atoms with Gasteiger partial charge in [0, 0.05) is 18.3 Å². The predicted molar refractivity (Wildman–Crippen MR) is 108 cm³/mol. The minimum atomic E-state index is 0.0721. The molecule has 0 unspecified atom stereocenters. The van der Waals surface area contributed by atoms with Crippen molar-refractivity contribution < 1.29 is 4.79 Å². The Bertz CT molecular complexity index is 564. The van der Waals surface area contributed by atoms with Crippen LogP contribution in [0, 0.1) is 5.92 Å². The number of amides is 1. The number of unbranched alkanes of at least 4 members (excludes halogenated alkanes) is 2. The molecule has 0 saturated heterocycles. The standard InChI is InChI=1S/C23H35NO/c1-5-7-8-9-19-10-12-20(13-11-19)21-14-16-22(17-15-21)24(4)23(25)18(3)6-2/h6,14-17,19-20H,5,7-13H2,1-4H3/b18-6+. The SMILES string of the molecule is C/C=C(\C)C(=O)N(C)c1ccc(C2CCC(CCCCC)CC2)cc1. The number of hydrogen-bond acceptors (Lipinski definition) is 1. The smallest absolute Gasteiger partial charge is 0.253 e. The van der Waals surface area contributed by atoms with Crippen LogP contribution in [0.1, 0.15) is 83.6 Å². The highest BCUT2D eigenvalue weighted by atomic mass is 16.2. The van der Waals surface area contributed by atoms with Crippen molar-refractivity contribution in [1.29, 1.82) is 0 Å². The van der Waals surface area contributed by atoms with Gasteiger partial charge in [0.05, 0.1) is 0 Å². The monoisotopic (exact) mass is 341 g/mol. The van der Waals surface area contributed by atoms with Gasteiger partial charge in [-0.1, -0.05) is 50.8 Å². The van der Waals surface area contributed by atoms with Gasteiger partial charge >= 0.3 is 0 Å². The summed E-state index contributed by atoms with van der Waals surface area (Å²) in [5, 5.41) is 0. The Morgan fingerprint density at radius 3 is 2.32 bits per heavy atom. The summed E-state index contributed by atoms with van der Waals surface area (Å²) in [6, 6.07) is 8.66. The van der Waals surface area contributed by atoms with Crippen LogP contribution in [0.4, 0.5) is 5.69 Å². The van der Waals surface area contributed by atoms with E-state index in [4.69, 9.17) is 0 Å². The molecule has 1 saturated carbocycles. The van der Waals surface area contributed by atoms with E-state index in [-0.39, 0.29) is 5.91 Å². The van der Waals surface area contributed by atoms with Crippen LogP contribution in [0.3, 0.4) is 0 Å². The molecule has 1 aromatic carbocycles. The molecule has 2 rings (SSSR count). The Kier molecular flexibility index (Phi) is 7.74. The van der Waals surface area contributed by atoms with Gasteiger partial charge in [0.1, 0.15) is 0 Å². The Morgan fingerprint density at radius 1 is 1.12 bits per heavy atom. The number of rotatable bonds is 7. The molecular weight excluding hydrogens is 306 g/mol. The number of allylic oxidation sites excluding steroid dienone is 1. The molecule has 1 aromatic rings. The van der Waals surface area contributed by atoms with Crippen LogP contribution in [0.5, 0.6) is 0 Å². The van der Waals surface area contributed by atoms with Gasteiger partial charge in [-0.2, -0.15) is 0 Å². The highest BCUT2D eigenvalue weighted by Crippen LogP contribution is 2.38. The van der Waals surface area contributed by atoms with E-state index in [1.165, 1.54) is 56.9 Å². The lowest BCUT2D eigenvalue weighted by molar-refractivity contribution is -0.114. The van der Waals surface area contributed by atoms with Crippen LogP contribution in [-0.2, 0) is 4.79 Å². The number of carbonyl (C=O) groups excluding carboxylic acids is 1. The quantitative estimate of drug-likeness (QED) is 0.411. The summed E-state index contributed by atoms with van der Waals surface area (Å²) >= 11 is 0. The Balaban J connectivity index is 1.89. The summed E-state index contributed by atoms with van der Waals surface area (Å²) in [5.41, 5.74) is 3.20. The molecule has 2 heteroatoms. The van der Waals surface area contributed by atoms with Crippen LogP contribution in [0.25, 0.3) is 0 Å². The Morgan fingerprint density at radius 2 is 1.76 bits per heavy atom. The fourth-order valence-corrected chi connectivity index (χ4v) is 3.94. The molecule has 1 amide bonds. The highest BCUT2D eigenvalue weighted by Gasteiger charge is 2.22. The lowest BCUT2D eigenvalue weighted by Crippen LogP contribution is -2.26. The van der Waals surface area contributed by atoms with E-state index in [2.05, 4.69) is 31.2 Å². The first-order valence-electron chi connectivity index (χ1n) is 10.1. The third-order valence-electron chi connectivity index (χ3n) is 5.89. The summed E-state index contributed by atoms with van der Waals surface area (Å²) < 4.78 is 0. The summed E-state index contributed by atoms with van der Waals surface area (Å²) in [6.07, 6.45) is 12.8. The molecule has 0 N–H and O–H groups in total. The largest absolute Gasteiger partial charge is 0.312 e. The van der Waals surface area contributed by atoms with E-state index >= 15 is 0 Å². The van der Waals surface area contributed by atoms with E-state index in [1.807, 2.05) is 27.0 Å².